The van der Waals surface area contributed by atoms with Gasteiger partial charge in [-0.05, 0) is 74.6 Å². The molecule has 0 bridgehead atoms. The number of sulfonamides is 1. The quantitative estimate of drug-likeness (QED) is 0.524. The molecule has 0 atom stereocenters. The Hall–Kier alpha value is -2.00. The van der Waals surface area contributed by atoms with E-state index in [2.05, 4.69) is 11.9 Å². The summed E-state index contributed by atoms with van der Waals surface area (Å²) in [6.45, 7) is 7.87. The molecule has 1 amide bonds. The van der Waals surface area contributed by atoms with Gasteiger partial charge in [-0.3, -0.25) is 4.79 Å². The Bertz CT molecular complexity index is 1330. The second-order valence-corrected chi connectivity index (χ2v) is 11.6. The summed E-state index contributed by atoms with van der Waals surface area (Å²) in [5.74, 6) is 0.140. The van der Waals surface area contributed by atoms with Gasteiger partial charge in [-0.15, -0.1) is 0 Å². The summed E-state index contributed by atoms with van der Waals surface area (Å²) in [6, 6.07) is 9.85. The van der Waals surface area contributed by atoms with Gasteiger partial charge in [0.05, 0.1) is 15.1 Å². The van der Waals surface area contributed by atoms with Crippen LogP contribution in [0.3, 0.4) is 0 Å². The predicted octanol–water partition coefficient (Wildman–Crippen LogP) is 4.85. The zero-order valence-electron chi connectivity index (χ0n) is 18.3. The first-order chi connectivity index (χ1) is 15.2. The molecule has 1 aliphatic rings. The Balaban J connectivity index is 1.64. The van der Waals surface area contributed by atoms with Crippen molar-refractivity contribution in [2.75, 3.05) is 13.1 Å². The molecule has 170 valence electrons. The maximum Gasteiger partial charge on any atom is 0.279 e. The number of halogens is 1. The summed E-state index contributed by atoms with van der Waals surface area (Å²) in [6.07, 6.45) is 1.73. The molecule has 4 rings (SSSR count). The summed E-state index contributed by atoms with van der Waals surface area (Å²) < 4.78 is 30.3. The van der Waals surface area contributed by atoms with E-state index in [0.29, 0.717) is 40.9 Å². The zero-order valence-corrected chi connectivity index (χ0v) is 20.7. The number of hydrogen-bond donors (Lipinski definition) is 0. The number of carbonyl (C=O) groups is 1. The van der Waals surface area contributed by atoms with Crippen molar-refractivity contribution in [2.24, 2.45) is 10.9 Å². The molecule has 0 radical (unpaired) electrons. The van der Waals surface area contributed by atoms with Gasteiger partial charge in [0, 0.05) is 30.2 Å². The van der Waals surface area contributed by atoms with Crippen LogP contribution >= 0.6 is 22.9 Å². The molecule has 2 heterocycles. The average Bonchev–Trinajstić information content (AvgIpc) is 3.11. The number of amides is 1. The first kappa shape index (κ1) is 23.2. The van der Waals surface area contributed by atoms with E-state index in [-0.39, 0.29) is 4.90 Å². The van der Waals surface area contributed by atoms with Crippen LogP contribution in [0.4, 0.5) is 0 Å². The van der Waals surface area contributed by atoms with E-state index in [1.54, 1.807) is 0 Å². The highest BCUT2D eigenvalue weighted by Crippen LogP contribution is 2.26. The number of fused-ring (bicyclic) bond motifs is 1. The Labute approximate surface area is 197 Å². The van der Waals surface area contributed by atoms with Crippen LogP contribution in [0.15, 0.2) is 46.3 Å². The van der Waals surface area contributed by atoms with Gasteiger partial charge in [0.1, 0.15) is 0 Å². The van der Waals surface area contributed by atoms with Crippen molar-refractivity contribution in [1.29, 1.82) is 0 Å². The van der Waals surface area contributed by atoms with Crippen LogP contribution in [0.5, 0.6) is 0 Å². The molecule has 2 aromatic carbocycles. The SMILES string of the molecule is CCn1c(=NC(=O)c2ccc(S(=O)(=O)N3CCC(C)CC3)cc2)sc2cc(Cl)cc(C)c21. The maximum atomic E-state index is 12.9. The molecule has 0 saturated carbocycles. The van der Waals surface area contributed by atoms with Crippen molar-refractivity contribution < 1.29 is 13.2 Å². The minimum Gasteiger partial charge on any atom is -0.316 e. The lowest BCUT2D eigenvalue weighted by atomic mass is 10.0. The van der Waals surface area contributed by atoms with Gasteiger partial charge in [-0.1, -0.05) is 29.9 Å². The van der Waals surface area contributed by atoms with Crippen LogP contribution in [0.1, 0.15) is 42.6 Å². The maximum absolute atomic E-state index is 12.9. The molecular weight excluding hydrogens is 466 g/mol. The number of aryl methyl sites for hydroxylation is 2. The number of rotatable bonds is 4. The van der Waals surface area contributed by atoms with Gasteiger partial charge >= 0.3 is 0 Å². The molecule has 0 N–H and O–H groups in total. The highest BCUT2D eigenvalue weighted by Gasteiger charge is 2.28. The predicted molar refractivity (Wildman–Crippen MR) is 129 cm³/mol. The first-order valence-electron chi connectivity index (χ1n) is 10.7. The summed E-state index contributed by atoms with van der Waals surface area (Å²) in [5, 5.41) is 0.650. The summed E-state index contributed by atoms with van der Waals surface area (Å²) in [5.41, 5.74) is 2.40. The highest BCUT2D eigenvalue weighted by atomic mass is 35.5. The fraction of sp³-hybridized carbons (Fsp3) is 0.391. The van der Waals surface area contributed by atoms with E-state index in [0.717, 1.165) is 28.6 Å². The zero-order chi connectivity index (χ0) is 23.0. The van der Waals surface area contributed by atoms with Crippen molar-refractivity contribution in [2.45, 2.75) is 45.1 Å². The largest absolute Gasteiger partial charge is 0.316 e. The third-order valence-electron chi connectivity index (χ3n) is 5.93. The monoisotopic (exact) mass is 491 g/mol. The third kappa shape index (κ3) is 4.41. The van der Waals surface area contributed by atoms with Crippen molar-refractivity contribution in [1.82, 2.24) is 8.87 Å². The van der Waals surface area contributed by atoms with Gasteiger partial charge in [0.25, 0.3) is 5.91 Å². The topological polar surface area (TPSA) is 71.7 Å². The Morgan fingerprint density at radius 1 is 1.19 bits per heavy atom. The van der Waals surface area contributed by atoms with E-state index in [1.807, 2.05) is 30.5 Å². The lowest BCUT2D eigenvalue weighted by Gasteiger charge is -2.29. The number of benzene rings is 2. The number of carbonyl (C=O) groups excluding carboxylic acids is 1. The molecule has 1 fully saturated rings. The van der Waals surface area contributed by atoms with Gasteiger partial charge in [0.2, 0.25) is 10.0 Å². The first-order valence-corrected chi connectivity index (χ1v) is 13.3. The second-order valence-electron chi connectivity index (χ2n) is 8.23. The molecule has 6 nitrogen and oxygen atoms in total. The molecule has 0 spiro atoms. The van der Waals surface area contributed by atoms with Crippen LogP contribution in [-0.2, 0) is 16.6 Å². The smallest absolute Gasteiger partial charge is 0.279 e. The lowest BCUT2D eigenvalue weighted by Crippen LogP contribution is -2.37. The third-order valence-corrected chi connectivity index (χ3v) is 9.08. The summed E-state index contributed by atoms with van der Waals surface area (Å²) in [4.78, 5) is 18.0. The van der Waals surface area contributed by atoms with Crippen LogP contribution in [0.25, 0.3) is 10.2 Å². The molecular formula is C23H26ClN3O3S2. The Morgan fingerprint density at radius 2 is 1.84 bits per heavy atom. The van der Waals surface area contributed by atoms with Gasteiger partial charge in [0.15, 0.2) is 4.80 Å². The minimum atomic E-state index is -3.55. The summed E-state index contributed by atoms with van der Waals surface area (Å²) >= 11 is 7.61. The summed E-state index contributed by atoms with van der Waals surface area (Å²) in [7, 11) is -3.55. The van der Waals surface area contributed by atoms with Gasteiger partial charge in [-0.2, -0.15) is 9.30 Å². The second kappa shape index (κ2) is 9.09. The van der Waals surface area contributed by atoms with Crippen molar-refractivity contribution >= 4 is 49.1 Å². The van der Waals surface area contributed by atoms with Crippen LogP contribution in [-0.4, -0.2) is 36.3 Å². The van der Waals surface area contributed by atoms with E-state index in [1.165, 1.54) is 39.9 Å². The molecule has 0 aliphatic carbocycles. The van der Waals surface area contributed by atoms with Crippen molar-refractivity contribution in [3.8, 4) is 0 Å². The van der Waals surface area contributed by atoms with Crippen molar-refractivity contribution in [3.05, 3.63) is 57.3 Å². The molecule has 32 heavy (non-hydrogen) atoms. The van der Waals surface area contributed by atoms with E-state index in [9.17, 15) is 13.2 Å². The molecule has 1 aromatic heterocycles. The van der Waals surface area contributed by atoms with Crippen LogP contribution in [0, 0.1) is 12.8 Å². The molecule has 1 aliphatic heterocycles. The van der Waals surface area contributed by atoms with E-state index < -0.39 is 15.9 Å². The minimum absolute atomic E-state index is 0.208. The normalized spacial score (nSPS) is 16.7. The number of aromatic nitrogens is 1. The molecule has 3 aromatic rings. The Kier molecular flexibility index (Phi) is 6.58. The van der Waals surface area contributed by atoms with E-state index >= 15 is 0 Å². The molecule has 0 unspecified atom stereocenters. The number of thiazole rings is 1. The average molecular weight is 492 g/mol. The van der Waals surface area contributed by atoms with Crippen LogP contribution < -0.4 is 4.80 Å². The lowest BCUT2D eigenvalue weighted by molar-refractivity contribution is 0.0997. The fourth-order valence-electron chi connectivity index (χ4n) is 4.05. The van der Waals surface area contributed by atoms with Gasteiger partial charge in [-0.25, -0.2) is 8.42 Å². The van der Waals surface area contributed by atoms with Crippen LogP contribution in [0.2, 0.25) is 5.02 Å². The Morgan fingerprint density at radius 3 is 2.47 bits per heavy atom. The number of nitrogens with zero attached hydrogens (tertiary/aromatic N) is 3. The van der Waals surface area contributed by atoms with E-state index in [4.69, 9.17) is 11.6 Å². The fourth-order valence-corrected chi connectivity index (χ4v) is 7.07. The molecule has 1 saturated heterocycles. The molecule has 9 heteroatoms. The standard InChI is InChI=1S/C23H26ClN3O3S2/c1-4-27-21-16(3)13-18(24)14-20(21)31-23(27)25-22(28)17-5-7-19(8-6-17)32(29,30)26-11-9-15(2)10-12-26/h5-8,13-15H,4,9-12H2,1-3H3. The van der Waals surface area contributed by atoms with Gasteiger partial charge < -0.3 is 4.57 Å². The number of piperidine rings is 1. The highest BCUT2D eigenvalue weighted by molar-refractivity contribution is 7.89. The van der Waals surface area contributed by atoms with Crippen molar-refractivity contribution in [3.63, 3.8) is 0 Å². The number of hydrogen-bond acceptors (Lipinski definition) is 4.